The van der Waals surface area contributed by atoms with Crippen LogP contribution in [0.15, 0.2) is 34.9 Å². The highest BCUT2D eigenvalue weighted by atomic mass is 79.9. The van der Waals surface area contributed by atoms with Crippen LogP contribution in [0.5, 0.6) is 0 Å². The maximum Gasteiger partial charge on any atom is 0.407 e. The van der Waals surface area contributed by atoms with Gasteiger partial charge in [-0.2, -0.15) is 0 Å². The maximum absolute atomic E-state index is 12.7. The molecule has 1 aliphatic rings. The molecule has 1 aromatic heterocycles. The Morgan fingerprint density at radius 3 is 2.71 bits per heavy atom. The molecule has 0 spiro atoms. The molecule has 2 N–H and O–H groups in total. The Hall–Kier alpha value is -2.39. The van der Waals surface area contributed by atoms with Crippen molar-refractivity contribution in [2.24, 2.45) is 0 Å². The molecule has 1 saturated heterocycles. The number of amides is 2. The zero-order valence-corrected chi connectivity index (χ0v) is 17.7. The average Bonchev–Trinajstić information content (AvgIpc) is 3.33. The standard InChI is InChI=1S/C19H24BrN5O3/c1-24(2)14-8-16(25(11-14)17(26)10-22-19(27)28-3)18-21-9-15(23-18)12-4-6-13(20)7-5-12/h4-7,9,14,16H,8,10-11H2,1-3H3,(H,21,23)(H,22,27). The van der Waals surface area contributed by atoms with E-state index in [1.54, 1.807) is 11.1 Å². The number of ether oxygens (including phenoxy) is 1. The van der Waals surface area contributed by atoms with Crippen LogP contribution in [0, 0.1) is 0 Å². The molecular weight excluding hydrogens is 426 g/mol. The third-order valence-electron chi connectivity index (χ3n) is 4.97. The molecular formula is C19H24BrN5O3. The van der Waals surface area contributed by atoms with Crippen LogP contribution in [0.3, 0.4) is 0 Å². The molecule has 1 aromatic carbocycles. The number of alkyl carbamates (subject to hydrolysis) is 1. The van der Waals surface area contributed by atoms with E-state index in [0.717, 1.165) is 28.0 Å². The number of carbonyl (C=O) groups is 2. The van der Waals surface area contributed by atoms with Gasteiger partial charge in [0.05, 0.1) is 25.0 Å². The molecule has 2 atom stereocenters. The number of hydrogen-bond acceptors (Lipinski definition) is 5. The number of H-pyrrole nitrogens is 1. The number of imidazole rings is 1. The van der Waals surface area contributed by atoms with Crippen LogP contribution in [0.25, 0.3) is 11.3 Å². The molecule has 0 bridgehead atoms. The number of nitrogens with zero attached hydrogens (tertiary/aromatic N) is 3. The van der Waals surface area contributed by atoms with Crippen molar-refractivity contribution in [3.8, 4) is 11.3 Å². The number of aromatic amines is 1. The van der Waals surface area contributed by atoms with Gasteiger partial charge in [0.15, 0.2) is 0 Å². The van der Waals surface area contributed by atoms with Crippen LogP contribution in [0.2, 0.25) is 0 Å². The van der Waals surface area contributed by atoms with E-state index in [1.807, 2.05) is 38.4 Å². The van der Waals surface area contributed by atoms with E-state index in [2.05, 4.69) is 40.9 Å². The van der Waals surface area contributed by atoms with E-state index >= 15 is 0 Å². The number of aromatic nitrogens is 2. The minimum atomic E-state index is -0.622. The summed E-state index contributed by atoms with van der Waals surface area (Å²) in [5.41, 5.74) is 1.92. The van der Waals surface area contributed by atoms with Crippen LogP contribution in [-0.4, -0.2) is 72.1 Å². The molecule has 9 heteroatoms. The van der Waals surface area contributed by atoms with Crippen LogP contribution in [0.1, 0.15) is 18.3 Å². The van der Waals surface area contributed by atoms with Gasteiger partial charge in [0.2, 0.25) is 5.91 Å². The van der Waals surface area contributed by atoms with Crippen molar-refractivity contribution in [3.05, 3.63) is 40.8 Å². The van der Waals surface area contributed by atoms with Crippen LogP contribution in [0.4, 0.5) is 4.79 Å². The smallest absolute Gasteiger partial charge is 0.407 e. The highest BCUT2D eigenvalue weighted by Gasteiger charge is 2.38. The van der Waals surface area contributed by atoms with Gasteiger partial charge >= 0.3 is 6.09 Å². The molecule has 28 heavy (non-hydrogen) atoms. The second kappa shape index (κ2) is 8.74. The molecule has 150 valence electrons. The van der Waals surface area contributed by atoms with E-state index in [4.69, 9.17) is 0 Å². The molecule has 0 saturated carbocycles. The zero-order chi connectivity index (χ0) is 20.3. The molecule has 2 aromatic rings. The Balaban J connectivity index is 1.80. The van der Waals surface area contributed by atoms with Gasteiger partial charge in [-0.3, -0.25) is 4.79 Å². The Bertz CT molecular complexity index is 836. The van der Waals surface area contributed by atoms with Crippen molar-refractivity contribution in [1.82, 2.24) is 25.1 Å². The fraction of sp³-hybridized carbons (Fsp3) is 0.421. The molecule has 2 amide bonds. The largest absolute Gasteiger partial charge is 0.453 e. The predicted octanol–water partition coefficient (Wildman–Crippen LogP) is 2.40. The molecule has 8 nitrogen and oxygen atoms in total. The average molecular weight is 450 g/mol. The van der Waals surface area contributed by atoms with Gasteiger partial charge in [-0.05, 0) is 38.2 Å². The van der Waals surface area contributed by atoms with Crippen LogP contribution >= 0.6 is 15.9 Å². The Morgan fingerprint density at radius 2 is 2.07 bits per heavy atom. The van der Waals surface area contributed by atoms with Crippen molar-refractivity contribution in [1.29, 1.82) is 0 Å². The lowest BCUT2D eigenvalue weighted by Gasteiger charge is -2.23. The number of methoxy groups -OCH3 is 1. The van der Waals surface area contributed by atoms with E-state index in [9.17, 15) is 9.59 Å². The van der Waals surface area contributed by atoms with Crippen molar-refractivity contribution < 1.29 is 14.3 Å². The minimum absolute atomic E-state index is 0.108. The third-order valence-corrected chi connectivity index (χ3v) is 5.49. The third kappa shape index (κ3) is 4.53. The minimum Gasteiger partial charge on any atom is -0.453 e. The summed E-state index contributed by atoms with van der Waals surface area (Å²) in [5, 5.41) is 2.46. The summed E-state index contributed by atoms with van der Waals surface area (Å²) in [6.45, 7) is 0.470. The summed E-state index contributed by atoms with van der Waals surface area (Å²) in [6, 6.07) is 7.99. The Kier molecular flexibility index (Phi) is 6.35. The van der Waals surface area contributed by atoms with E-state index in [0.29, 0.717) is 6.54 Å². The lowest BCUT2D eigenvalue weighted by Crippen LogP contribution is -2.41. The first-order valence-electron chi connectivity index (χ1n) is 8.97. The SMILES string of the molecule is COC(=O)NCC(=O)N1CC(N(C)C)CC1c1ncc(-c2ccc(Br)cc2)[nH]1. The summed E-state index contributed by atoms with van der Waals surface area (Å²) >= 11 is 3.44. The monoisotopic (exact) mass is 449 g/mol. The molecule has 1 aliphatic heterocycles. The lowest BCUT2D eigenvalue weighted by atomic mass is 10.1. The zero-order valence-electron chi connectivity index (χ0n) is 16.1. The molecule has 2 heterocycles. The van der Waals surface area contributed by atoms with Gasteiger partial charge in [-0.1, -0.05) is 28.1 Å². The normalized spacial score (nSPS) is 19.1. The Morgan fingerprint density at radius 1 is 1.36 bits per heavy atom. The predicted molar refractivity (Wildman–Crippen MR) is 109 cm³/mol. The van der Waals surface area contributed by atoms with Gasteiger partial charge in [0.25, 0.3) is 0 Å². The summed E-state index contributed by atoms with van der Waals surface area (Å²) in [5.74, 6) is 0.579. The number of likely N-dealkylation sites (N-methyl/N-ethyl adjacent to an activating group) is 1. The van der Waals surface area contributed by atoms with Gasteiger partial charge in [0, 0.05) is 17.1 Å². The van der Waals surface area contributed by atoms with Crippen LogP contribution < -0.4 is 5.32 Å². The fourth-order valence-electron chi connectivity index (χ4n) is 3.33. The molecule has 1 fully saturated rings. The van der Waals surface area contributed by atoms with Gasteiger partial charge in [-0.15, -0.1) is 0 Å². The number of hydrogen-bond donors (Lipinski definition) is 2. The second-order valence-electron chi connectivity index (χ2n) is 6.95. The number of benzene rings is 1. The van der Waals surface area contributed by atoms with E-state index < -0.39 is 6.09 Å². The fourth-order valence-corrected chi connectivity index (χ4v) is 3.59. The van der Waals surface area contributed by atoms with Crippen LogP contribution in [-0.2, 0) is 9.53 Å². The molecule has 0 aliphatic carbocycles. The summed E-state index contributed by atoms with van der Waals surface area (Å²) in [4.78, 5) is 35.8. The number of rotatable bonds is 5. The van der Waals surface area contributed by atoms with Crippen molar-refractivity contribution in [2.75, 3.05) is 34.3 Å². The van der Waals surface area contributed by atoms with Gasteiger partial charge in [-0.25, -0.2) is 9.78 Å². The quantitative estimate of drug-likeness (QED) is 0.730. The summed E-state index contributed by atoms with van der Waals surface area (Å²) in [7, 11) is 5.27. The van der Waals surface area contributed by atoms with E-state index in [1.165, 1.54) is 7.11 Å². The van der Waals surface area contributed by atoms with E-state index in [-0.39, 0.29) is 24.5 Å². The summed E-state index contributed by atoms with van der Waals surface area (Å²) in [6.07, 6.45) is 1.94. The topological polar surface area (TPSA) is 90.6 Å². The second-order valence-corrected chi connectivity index (χ2v) is 7.86. The summed E-state index contributed by atoms with van der Waals surface area (Å²) < 4.78 is 5.55. The molecule has 3 rings (SSSR count). The highest BCUT2D eigenvalue weighted by Crippen LogP contribution is 2.33. The van der Waals surface area contributed by atoms with Crippen molar-refractivity contribution >= 4 is 27.9 Å². The number of likely N-dealkylation sites (tertiary alicyclic amines) is 1. The lowest BCUT2D eigenvalue weighted by molar-refractivity contribution is -0.131. The van der Waals surface area contributed by atoms with Gasteiger partial charge < -0.3 is 24.8 Å². The number of halogens is 1. The van der Waals surface area contributed by atoms with Gasteiger partial charge in [0.1, 0.15) is 12.4 Å². The Labute approximate surface area is 172 Å². The highest BCUT2D eigenvalue weighted by molar-refractivity contribution is 9.10. The first-order chi connectivity index (χ1) is 13.4. The molecule has 0 radical (unpaired) electrons. The molecule has 2 unspecified atom stereocenters. The number of carbonyl (C=O) groups excluding carboxylic acids is 2. The first-order valence-corrected chi connectivity index (χ1v) is 9.77. The first kappa shape index (κ1) is 20.3. The number of nitrogens with one attached hydrogen (secondary N) is 2. The van der Waals surface area contributed by atoms with Crippen molar-refractivity contribution in [2.45, 2.75) is 18.5 Å². The maximum atomic E-state index is 12.7. The van der Waals surface area contributed by atoms with Crippen molar-refractivity contribution in [3.63, 3.8) is 0 Å².